The van der Waals surface area contributed by atoms with Crippen molar-refractivity contribution in [1.82, 2.24) is 0 Å². The van der Waals surface area contributed by atoms with Crippen LogP contribution in [0.1, 0.15) is 46.0 Å². The molecular weight excluding hydrogens is 204 g/mol. The minimum absolute atomic E-state index is 0.0331. The fourth-order valence-electron chi connectivity index (χ4n) is 1.48. The molecule has 1 atom stereocenters. The van der Waals surface area contributed by atoms with Gasteiger partial charge in [0.2, 0.25) is 0 Å². The number of hydrogen-bond donors (Lipinski definition) is 0. The minimum atomic E-state index is -0.377. The molecule has 0 N–H and O–H groups in total. The number of carbonyl (C=O) groups is 1. The van der Waals surface area contributed by atoms with E-state index < -0.39 is 0 Å². The molecule has 0 aliphatic heterocycles. The Bertz CT molecular complexity index is 190. The summed E-state index contributed by atoms with van der Waals surface area (Å²) in [6, 6.07) is 0. The van der Waals surface area contributed by atoms with Crippen molar-refractivity contribution >= 4 is 5.97 Å². The lowest BCUT2D eigenvalue weighted by Gasteiger charge is -2.16. The van der Waals surface area contributed by atoms with E-state index in [9.17, 15) is 4.79 Å². The summed E-state index contributed by atoms with van der Waals surface area (Å²) in [5.74, 6) is -0.377. The van der Waals surface area contributed by atoms with Crippen molar-refractivity contribution in [3.63, 3.8) is 0 Å². The van der Waals surface area contributed by atoms with Crippen molar-refractivity contribution in [3.8, 4) is 0 Å². The number of hydrogen-bond acceptors (Lipinski definition) is 3. The highest BCUT2D eigenvalue weighted by atomic mass is 16.6. The van der Waals surface area contributed by atoms with Crippen molar-refractivity contribution in [2.24, 2.45) is 0 Å². The first-order valence-electron chi connectivity index (χ1n) is 6.15. The second kappa shape index (κ2) is 10.7. The summed E-state index contributed by atoms with van der Waals surface area (Å²) in [6.45, 7) is 8.49. The molecule has 0 radical (unpaired) electrons. The Morgan fingerprint density at radius 1 is 1.31 bits per heavy atom. The Morgan fingerprint density at radius 2 is 2.06 bits per heavy atom. The standard InChI is InChI=1S/C13H24O3/c1-4-7-8-9-10-12(15-6-3)11-16-13(14)5-2/h5,12H,2,4,6-11H2,1,3H3. The predicted molar refractivity (Wildman–Crippen MR) is 65.3 cm³/mol. The predicted octanol–water partition coefficient (Wildman–Crippen LogP) is 3.09. The van der Waals surface area contributed by atoms with E-state index in [2.05, 4.69) is 13.5 Å². The second-order valence-corrected chi connectivity index (χ2v) is 3.76. The molecule has 0 heterocycles. The summed E-state index contributed by atoms with van der Waals surface area (Å²) in [5.41, 5.74) is 0. The van der Waals surface area contributed by atoms with Crippen LogP contribution in [0.15, 0.2) is 12.7 Å². The van der Waals surface area contributed by atoms with Gasteiger partial charge in [-0.05, 0) is 13.3 Å². The smallest absolute Gasteiger partial charge is 0.330 e. The minimum Gasteiger partial charge on any atom is -0.460 e. The van der Waals surface area contributed by atoms with E-state index in [-0.39, 0.29) is 12.1 Å². The molecule has 3 heteroatoms. The van der Waals surface area contributed by atoms with E-state index in [0.717, 1.165) is 12.8 Å². The number of unbranched alkanes of at least 4 members (excludes halogenated alkanes) is 3. The summed E-state index contributed by atoms with van der Waals surface area (Å²) in [7, 11) is 0. The summed E-state index contributed by atoms with van der Waals surface area (Å²) in [5, 5.41) is 0. The fourth-order valence-corrected chi connectivity index (χ4v) is 1.48. The van der Waals surface area contributed by atoms with Crippen LogP contribution < -0.4 is 0 Å². The third-order valence-electron chi connectivity index (χ3n) is 2.36. The molecule has 0 saturated carbocycles. The molecule has 3 nitrogen and oxygen atoms in total. The quantitative estimate of drug-likeness (QED) is 0.327. The van der Waals surface area contributed by atoms with Gasteiger partial charge in [-0.2, -0.15) is 0 Å². The Morgan fingerprint density at radius 3 is 2.62 bits per heavy atom. The SMILES string of the molecule is C=CC(=O)OCC(CCCCCC)OCC. The fraction of sp³-hybridized carbons (Fsp3) is 0.769. The number of ether oxygens (including phenoxy) is 2. The normalized spacial score (nSPS) is 12.1. The van der Waals surface area contributed by atoms with Gasteiger partial charge in [0.15, 0.2) is 0 Å². The summed E-state index contributed by atoms with van der Waals surface area (Å²) in [4.78, 5) is 10.9. The molecule has 0 fully saturated rings. The van der Waals surface area contributed by atoms with E-state index in [4.69, 9.17) is 9.47 Å². The molecule has 0 aromatic carbocycles. The van der Waals surface area contributed by atoms with Crippen molar-refractivity contribution in [2.75, 3.05) is 13.2 Å². The van der Waals surface area contributed by atoms with E-state index in [1.165, 1.54) is 25.3 Å². The van der Waals surface area contributed by atoms with E-state index in [0.29, 0.717) is 13.2 Å². The molecule has 0 saturated heterocycles. The molecule has 0 aromatic heterocycles. The van der Waals surface area contributed by atoms with Crippen molar-refractivity contribution in [3.05, 3.63) is 12.7 Å². The van der Waals surface area contributed by atoms with Crippen LogP contribution in [0.3, 0.4) is 0 Å². The van der Waals surface area contributed by atoms with E-state index in [1.54, 1.807) is 0 Å². The van der Waals surface area contributed by atoms with Gasteiger partial charge >= 0.3 is 5.97 Å². The Hall–Kier alpha value is -0.830. The van der Waals surface area contributed by atoms with Crippen LogP contribution in [0.2, 0.25) is 0 Å². The molecule has 94 valence electrons. The lowest BCUT2D eigenvalue weighted by molar-refractivity contribution is -0.142. The average Bonchev–Trinajstić information content (AvgIpc) is 2.30. The molecule has 0 amide bonds. The molecule has 0 aliphatic carbocycles. The lowest BCUT2D eigenvalue weighted by Crippen LogP contribution is -2.21. The molecule has 0 spiro atoms. The van der Waals surface area contributed by atoms with E-state index >= 15 is 0 Å². The topological polar surface area (TPSA) is 35.5 Å². The second-order valence-electron chi connectivity index (χ2n) is 3.76. The van der Waals surface area contributed by atoms with Gasteiger partial charge in [0.25, 0.3) is 0 Å². The Balaban J connectivity index is 3.69. The highest BCUT2D eigenvalue weighted by Gasteiger charge is 2.10. The molecule has 0 aromatic rings. The molecule has 16 heavy (non-hydrogen) atoms. The largest absolute Gasteiger partial charge is 0.460 e. The van der Waals surface area contributed by atoms with Crippen molar-refractivity contribution in [2.45, 2.75) is 52.1 Å². The molecule has 1 unspecified atom stereocenters. The Kier molecular flexibility index (Phi) is 10.1. The van der Waals surface area contributed by atoms with Gasteiger partial charge < -0.3 is 9.47 Å². The van der Waals surface area contributed by atoms with Crippen LogP contribution in [0.5, 0.6) is 0 Å². The molecule has 0 rings (SSSR count). The van der Waals surface area contributed by atoms with Gasteiger partial charge in [0.05, 0.1) is 6.10 Å². The zero-order valence-electron chi connectivity index (χ0n) is 10.5. The first kappa shape index (κ1) is 15.2. The van der Waals surface area contributed by atoms with Gasteiger partial charge in [-0.15, -0.1) is 0 Å². The van der Waals surface area contributed by atoms with Gasteiger partial charge in [0, 0.05) is 12.7 Å². The van der Waals surface area contributed by atoms with Crippen LogP contribution in [0.4, 0.5) is 0 Å². The van der Waals surface area contributed by atoms with Crippen molar-refractivity contribution < 1.29 is 14.3 Å². The lowest BCUT2D eigenvalue weighted by atomic mass is 10.1. The molecular formula is C13H24O3. The van der Waals surface area contributed by atoms with Gasteiger partial charge in [-0.25, -0.2) is 4.79 Å². The highest BCUT2D eigenvalue weighted by Crippen LogP contribution is 2.09. The summed E-state index contributed by atoms with van der Waals surface area (Å²) in [6.07, 6.45) is 7.00. The maximum Gasteiger partial charge on any atom is 0.330 e. The van der Waals surface area contributed by atoms with Crippen LogP contribution in [-0.4, -0.2) is 25.3 Å². The van der Waals surface area contributed by atoms with Crippen LogP contribution in [0.25, 0.3) is 0 Å². The number of carbonyl (C=O) groups excluding carboxylic acids is 1. The maximum absolute atomic E-state index is 10.9. The zero-order valence-corrected chi connectivity index (χ0v) is 10.5. The van der Waals surface area contributed by atoms with Gasteiger partial charge in [0.1, 0.15) is 6.61 Å². The van der Waals surface area contributed by atoms with Gasteiger partial charge in [-0.3, -0.25) is 0 Å². The van der Waals surface area contributed by atoms with Crippen LogP contribution in [0, 0.1) is 0 Å². The third-order valence-corrected chi connectivity index (χ3v) is 2.36. The van der Waals surface area contributed by atoms with Crippen LogP contribution >= 0.6 is 0 Å². The van der Waals surface area contributed by atoms with Crippen molar-refractivity contribution in [1.29, 1.82) is 0 Å². The van der Waals surface area contributed by atoms with Gasteiger partial charge in [-0.1, -0.05) is 39.2 Å². The average molecular weight is 228 g/mol. The summed E-state index contributed by atoms with van der Waals surface area (Å²) >= 11 is 0. The Labute approximate surface area is 98.8 Å². The number of esters is 1. The number of rotatable bonds is 10. The third kappa shape index (κ3) is 8.48. The maximum atomic E-state index is 10.9. The zero-order chi connectivity index (χ0) is 12.2. The van der Waals surface area contributed by atoms with E-state index in [1.807, 2.05) is 6.92 Å². The highest BCUT2D eigenvalue weighted by molar-refractivity contribution is 5.81. The monoisotopic (exact) mass is 228 g/mol. The molecule has 0 aliphatic rings. The first-order chi connectivity index (χ1) is 7.74. The first-order valence-corrected chi connectivity index (χ1v) is 6.15. The summed E-state index contributed by atoms with van der Waals surface area (Å²) < 4.78 is 10.5. The molecule has 0 bridgehead atoms. The van der Waals surface area contributed by atoms with Crippen LogP contribution in [-0.2, 0) is 14.3 Å².